The van der Waals surface area contributed by atoms with E-state index in [1.165, 1.54) is 5.56 Å². The zero-order valence-electron chi connectivity index (χ0n) is 12.2. The van der Waals surface area contributed by atoms with E-state index in [-0.39, 0.29) is 5.78 Å². The van der Waals surface area contributed by atoms with Crippen molar-refractivity contribution in [2.45, 2.75) is 33.1 Å². The Kier molecular flexibility index (Phi) is 5.05. The zero-order chi connectivity index (χ0) is 14.4. The van der Waals surface area contributed by atoms with Crippen LogP contribution >= 0.6 is 0 Å². The topological polar surface area (TPSA) is 30.0 Å². The van der Waals surface area contributed by atoms with E-state index in [0.717, 1.165) is 17.7 Å². The number of aromatic nitrogens is 1. The summed E-state index contributed by atoms with van der Waals surface area (Å²) in [6, 6.07) is 13.8. The van der Waals surface area contributed by atoms with E-state index < -0.39 is 0 Å². The second-order valence-electron chi connectivity index (χ2n) is 5.54. The van der Waals surface area contributed by atoms with Gasteiger partial charge in [-0.05, 0) is 36.5 Å². The highest BCUT2D eigenvalue weighted by atomic mass is 16.1. The highest BCUT2D eigenvalue weighted by molar-refractivity contribution is 5.96. The van der Waals surface area contributed by atoms with Gasteiger partial charge in [-0.2, -0.15) is 0 Å². The first-order chi connectivity index (χ1) is 9.65. The van der Waals surface area contributed by atoms with E-state index in [1.807, 2.05) is 30.3 Å². The molecular formula is C18H21NO. The molecule has 1 aromatic heterocycles. The summed E-state index contributed by atoms with van der Waals surface area (Å²) >= 11 is 0. The Morgan fingerprint density at radius 2 is 1.85 bits per heavy atom. The van der Waals surface area contributed by atoms with Gasteiger partial charge in [0.05, 0.1) is 0 Å². The molecule has 0 bridgehead atoms. The molecule has 0 aliphatic carbocycles. The Morgan fingerprint density at radius 3 is 2.45 bits per heavy atom. The van der Waals surface area contributed by atoms with Crippen LogP contribution in [0.3, 0.4) is 0 Å². The van der Waals surface area contributed by atoms with Crippen LogP contribution in [0.5, 0.6) is 0 Å². The lowest BCUT2D eigenvalue weighted by Crippen LogP contribution is -2.02. The van der Waals surface area contributed by atoms with Gasteiger partial charge in [0.2, 0.25) is 0 Å². The minimum Gasteiger partial charge on any atom is -0.294 e. The van der Waals surface area contributed by atoms with E-state index in [0.29, 0.717) is 18.8 Å². The third-order valence-electron chi connectivity index (χ3n) is 3.25. The van der Waals surface area contributed by atoms with Crippen LogP contribution in [0.4, 0.5) is 0 Å². The Balaban J connectivity index is 1.92. The lowest BCUT2D eigenvalue weighted by Gasteiger charge is -2.06. The van der Waals surface area contributed by atoms with Crippen molar-refractivity contribution in [1.29, 1.82) is 0 Å². The third-order valence-corrected chi connectivity index (χ3v) is 3.25. The fourth-order valence-corrected chi connectivity index (χ4v) is 2.23. The summed E-state index contributed by atoms with van der Waals surface area (Å²) in [6.45, 7) is 4.40. The molecule has 0 N–H and O–H groups in total. The van der Waals surface area contributed by atoms with Crippen molar-refractivity contribution in [1.82, 2.24) is 4.98 Å². The standard InChI is InChI=1S/C18H21NO/c1-14(2)13-15-6-8-16(9-7-15)18(20)11-10-17-5-3-4-12-19-17/h3-9,12,14H,10-11,13H2,1-2H3. The Bertz CT molecular complexity index is 543. The maximum absolute atomic E-state index is 12.1. The molecule has 2 aromatic rings. The SMILES string of the molecule is CC(C)Cc1ccc(C(=O)CCc2ccccn2)cc1. The molecule has 1 heterocycles. The number of ketones is 1. The number of Topliss-reactive ketones (excluding diaryl/α,β-unsaturated/α-hetero) is 1. The summed E-state index contributed by atoms with van der Waals surface area (Å²) in [5.41, 5.74) is 3.06. The van der Waals surface area contributed by atoms with Crippen molar-refractivity contribution in [3.05, 3.63) is 65.5 Å². The van der Waals surface area contributed by atoms with E-state index >= 15 is 0 Å². The van der Waals surface area contributed by atoms with Crippen molar-refractivity contribution in [3.63, 3.8) is 0 Å². The molecule has 2 heteroatoms. The Hall–Kier alpha value is -1.96. The first-order valence-electron chi connectivity index (χ1n) is 7.17. The van der Waals surface area contributed by atoms with E-state index in [4.69, 9.17) is 0 Å². The van der Waals surface area contributed by atoms with Crippen LogP contribution in [0.2, 0.25) is 0 Å². The molecule has 0 spiro atoms. The molecular weight excluding hydrogens is 246 g/mol. The monoisotopic (exact) mass is 267 g/mol. The van der Waals surface area contributed by atoms with Gasteiger partial charge in [0.15, 0.2) is 5.78 Å². The van der Waals surface area contributed by atoms with Crippen molar-refractivity contribution >= 4 is 5.78 Å². The van der Waals surface area contributed by atoms with Crippen LogP contribution in [0.1, 0.15) is 41.9 Å². The number of hydrogen-bond acceptors (Lipinski definition) is 2. The van der Waals surface area contributed by atoms with Crippen LogP contribution in [0.25, 0.3) is 0 Å². The second kappa shape index (κ2) is 6.99. The molecule has 0 unspecified atom stereocenters. The average molecular weight is 267 g/mol. The molecule has 0 aliphatic rings. The molecule has 0 aliphatic heterocycles. The van der Waals surface area contributed by atoms with Crippen LogP contribution in [0, 0.1) is 5.92 Å². The highest BCUT2D eigenvalue weighted by Gasteiger charge is 2.07. The van der Waals surface area contributed by atoms with Gasteiger partial charge in [-0.3, -0.25) is 9.78 Å². The minimum atomic E-state index is 0.187. The van der Waals surface area contributed by atoms with Crippen molar-refractivity contribution in [3.8, 4) is 0 Å². The van der Waals surface area contributed by atoms with Gasteiger partial charge in [0.25, 0.3) is 0 Å². The summed E-state index contributed by atoms with van der Waals surface area (Å²) in [4.78, 5) is 16.4. The molecule has 0 radical (unpaired) electrons. The molecule has 104 valence electrons. The minimum absolute atomic E-state index is 0.187. The summed E-state index contributed by atoms with van der Waals surface area (Å²) in [7, 11) is 0. The van der Waals surface area contributed by atoms with Crippen molar-refractivity contribution in [2.24, 2.45) is 5.92 Å². The largest absolute Gasteiger partial charge is 0.294 e. The smallest absolute Gasteiger partial charge is 0.163 e. The van der Waals surface area contributed by atoms with E-state index in [1.54, 1.807) is 6.20 Å². The number of carbonyl (C=O) groups is 1. The van der Waals surface area contributed by atoms with Gasteiger partial charge >= 0.3 is 0 Å². The van der Waals surface area contributed by atoms with Gasteiger partial charge in [-0.15, -0.1) is 0 Å². The number of aryl methyl sites for hydroxylation is 1. The number of rotatable bonds is 6. The number of pyridine rings is 1. The molecule has 1 aromatic carbocycles. The van der Waals surface area contributed by atoms with E-state index in [2.05, 4.69) is 31.0 Å². The zero-order valence-corrected chi connectivity index (χ0v) is 12.2. The van der Waals surface area contributed by atoms with Gasteiger partial charge in [0, 0.05) is 23.9 Å². The van der Waals surface area contributed by atoms with Gasteiger partial charge < -0.3 is 0 Å². The summed E-state index contributed by atoms with van der Waals surface area (Å²) in [5, 5.41) is 0. The Morgan fingerprint density at radius 1 is 1.10 bits per heavy atom. The molecule has 20 heavy (non-hydrogen) atoms. The number of carbonyl (C=O) groups excluding carboxylic acids is 1. The molecule has 2 nitrogen and oxygen atoms in total. The van der Waals surface area contributed by atoms with Crippen LogP contribution in [-0.2, 0) is 12.8 Å². The first-order valence-corrected chi connectivity index (χ1v) is 7.17. The molecule has 0 amide bonds. The number of hydrogen-bond donors (Lipinski definition) is 0. The van der Waals surface area contributed by atoms with Gasteiger partial charge in [-0.25, -0.2) is 0 Å². The molecule has 0 saturated carbocycles. The van der Waals surface area contributed by atoms with E-state index in [9.17, 15) is 4.79 Å². The van der Waals surface area contributed by atoms with Crippen LogP contribution in [-0.4, -0.2) is 10.8 Å². The lowest BCUT2D eigenvalue weighted by molar-refractivity contribution is 0.0982. The van der Waals surface area contributed by atoms with Crippen LogP contribution in [0.15, 0.2) is 48.7 Å². The predicted octanol–water partition coefficient (Wildman–Crippen LogP) is 4.10. The second-order valence-corrected chi connectivity index (χ2v) is 5.54. The molecule has 0 saturated heterocycles. The Labute approximate surface area is 120 Å². The number of benzene rings is 1. The quantitative estimate of drug-likeness (QED) is 0.738. The molecule has 0 atom stereocenters. The predicted molar refractivity (Wildman–Crippen MR) is 81.9 cm³/mol. The first kappa shape index (κ1) is 14.4. The van der Waals surface area contributed by atoms with Gasteiger partial charge in [0.1, 0.15) is 0 Å². The summed E-state index contributed by atoms with van der Waals surface area (Å²) in [5.74, 6) is 0.826. The van der Waals surface area contributed by atoms with Crippen molar-refractivity contribution < 1.29 is 4.79 Å². The summed E-state index contributed by atoms with van der Waals surface area (Å²) < 4.78 is 0. The van der Waals surface area contributed by atoms with Crippen LogP contribution < -0.4 is 0 Å². The normalized spacial score (nSPS) is 10.8. The fourth-order valence-electron chi connectivity index (χ4n) is 2.23. The average Bonchev–Trinajstić information content (AvgIpc) is 2.46. The lowest BCUT2D eigenvalue weighted by atomic mass is 9.99. The maximum atomic E-state index is 12.1. The van der Waals surface area contributed by atoms with Crippen molar-refractivity contribution in [2.75, 3.05) is 0 Å². The fraction of sp³-hybridized carbons (Fsp3) is 0.333. The molecule has 2 rings (SSSR count). The highest BCUT2D eigenvalue weighted by Crippen LogP contribution is 2.12. The van der Waals surface area contributed by atoms with Gasteiger partial charge in [-0.1, -0.05) is 44.2 Å². The third kappa shape index (κ3) is 4.30. The summed E-state index contributed by atoms with van der Waals surface area (Å²) in [6.07, 6.45) is 4.04. The molecule has 0 fully saturated rings. The maximum Gasteiger partial charge on any atom is 0.163 e. The number of nitrogens with zero attached hydrogens (tertiary/aromatic N) is 1.